The lowest BCUT2D eigenvalue weighted by Crippen LogP contribution is -2.15. The van der Waals surface area contributed by atoms with Gasteiger partial charge >= 0.3 is 0 Å². The fourth-order valence-electron chi connectivity index (χ4n) is 3.01. The second kappa shape index (κ2) is 9.55. The second-order valence-corrected chi connectivity index (χ2v) is 7.66. The Bertz CT molecular complexity index is 951. The summed E-state index contributed by atoms with van der Waals surface area (Å²) in [7, 11) is 0. The molecule has 0 atom stereocenters. The van der Waals surface area contributed by atoms with Crippen molar-refractivity contribution < 1.29 is 4.79 Å². The van der Waals surface area contributed by atoms with E-state index < -0.39 is 0 Å². The maximum Gasteiger partial charge on any atom is 0.234 e. The van der Waals surface area contributed by atoms with Crippen molar-refractivity contribution in [2.45, 2.75) is 45.3 Å². The van der Waals surface area contributed by atoms with Gasteiger partial charge in [-0.25, -0.2) is 0 Å². The third-order valence-electron chi connectivity index (χ3n) is 4.39. The highest BCUT2D eigenvalue weighted by Crippen LogP contribution is 2.25. The average Bonchev–Trinajstić information content (AvgIpc) is 3.09. The van der Waals surface area contributed by atoms with Crippen molar-refractivity contribution in [1.82, 2.24) is 14.8 Å². The summed E-state index contributed by atoms with van der Waals surface area (Å²) in [5.41, 5.74) is 4.27. The minimum absolute atomic E-state index is 0.0404. The van der Waals surface area contributed by atoms with Crippen LogP contribution in [0.15, 0.2) is 53.7 Å². The molecule has 0 radical (unpaired) electrons. The molecule has 0 unspecified atom stereocenters. The fourth-order valence-corrected chi connectivity index (χ4v) is 3.78. The first-order valence-corrected chi connectivity index (χ1v) is 10.6. The van der Waals surface area contributed by atoms with E-state index in [2.05, 4.69) is 59.1 Å². The second-order valence-electron chi connectivity index (χ2n) is 6.72. The highest BCUT2D eigenvalue weighted by atomic mass is 32.2. The summed E-state index contributed by atoms with van der Waals surface area (Å²) in [5, 5.41) is 12.5. The maximum absolute atomic E-state index is 12.4. The standard InChI is InChI=1S/C22H26N4OS/c1-4-12-26-21(18-10-6-8-16(3)13-18)24-25-22(26)28-15-20(27)23-19-11-7-9-17(5-2)14-19/h6-11,13-14H,4-5,12,15H2,1-3H3,(H,23,27). The predicted molar refractivity (Wildman–Crippen MR) is 116 cm³/mol. The molecule has 1 heterocycles. The first-order valence-electron chi connectivity index (χ1n) is 9.62. The van der Waals surface area contributed by atoms with Crippen LogP contribution in [0.2, 0.25) is 0 Å². The fraction of sp³-hybridized carbons (Fsp3) is 0.318. The first-order chi connectivity index (χ1) is 13.6. The van der Waals surface area contributed by atoms with Crippen LogP contribution < -0.4 is 5.32 Å². The Morgan fingerprint density at radius 2 is 1.93 bits per heavy atom. The maximum atomic E-state index is 12.4. The number of aryl methyl sites for hydroxylation is 2. The zero-order chi connectivity index (χ0) is 19.9. The predicted octanol–water partition coefficient (Wildman–Crippen LogP) is 4.96. The van der Waals surface area contributed by atoms with Gasteiger partial charge in [0.05, 0.1) is 5.75 Å². The quantitative estimate of drug-likeness (QED) is 0.549. The lowest BCUT2D eigenvalue weighted by atomic mass is 10.1. The van der Waals surface area contributed by atoms with Crippen molar-refractivity contribution in [3.05, 3.63) is 59.7 Å². The average molecular weight is 395 g/mol. The molecule has 6 heteroatoms. The van der Waals surface area contributed by atoms with Crippen LogP contribution in [0.3, 0.4) is 0 Å². The Hall–Kier alpha value is -2.60. The Kier molecular flexibility index (Phi) is 6.87. The highest BCUT2D eigenvalue weighted by molar-refractivity contribution is 7.99. The van der Waals surface area contributed by atoms with Crippen LogP contribution in [0.5, 0.6) is 0 Å². The van der Waals surface area contributed by atoms with Crippen LogP contribution in [0.4, 0.5) is 5.69 Å². The van der Waals surface area contributed by atoms with Gasteiger partial charge < -0.3 is 9.88 Å². The van der Waals surface area contributed by atoms with Gasteiger partial charge in [0.1, 0.15) is 0 Å². The molecule has 1 N–H and O–H groups in total. The number of carbonyl (C=O) groups excluding carboxylic acids is 1. The molecule has 1 aromatic heterocycles. The number of thioether (sulfide) groups is 1. The minimum Gasteiger partial charge on any atom is -0.325 e. The molecule has 28 heavy (non-hydrogen) atoms. The summed E-state index contributed by atoms with van der Waals surface area (Å²) >= 11 is 1.42. The topological polar surface area (TPSA) is 59.8 Å². The molecule has 0 fully saturated rings. The molecule has 0 saturated heterocycles. The van der Waals surface area contributed by atoms with Crippen LogP contribution >= 0.6 is 11.8 Å². The van der Waals surface area contributed by atoms with Crippen molar-refractivity contribution >= 4 is 23.4 Å². The van der Waals surface area contributed by atoms with E-state index in [-0.39, 0.29) is 5.91 Å². The van der Waals surface area contributed by atoms with Gasteiger partial charge in [-0.1, -0.05) is 61.5 Å². The Balaban J connectivity index is 1.70. The van der Waals surface area contributed by atoms with E-state index in [0.717, 1.165) is 41.6 Å². The third-order valence-corrected chi connectivity index (χ3v) is 5.36. The normalized spacial score (nSPS) is 10.8. The molecule has 2 aromatic carbocycles. The molecule has 3 aromatic rings. The Morgan fingerprint density at radius 3 is 2.68 bits per heavy atom. The molecule has 0 bridgehead atoms. The number of rotatable bonds is 8. The Morgan fingerprint density at radius 1 is 1.11 bits per heavy atom. The van der Waals surface area contributed by atoms with Gasteiger partial charge in [-0.05, 0) is 43.5 Å². The van der Waals surface area contributed by atoms with Crippen molar-refractivity contribution in [2.24, 2.45) is 0 Å². The number of amides is 1. The van der Waals surface area contributed by atoms with Gasteiger partial charge in [0.25, 0.3) is 0 Å². The number of nitrogens with zero attached hydrogens (tertiary/aromatic N) is 3. The number of aromatic nitrogens is 3. The monoisotopic (exact) mass is 394 g/mol. The summed E-state index contributed by atoms with van der Waals surface area (Å²) in [6, 6.07) is 16.2. The zero-order valence-electron chi connectivity index (χ0n) is 16.6. The van der Waals surface area contributed by atoms with Gasteiger partial charge in [-0.15, -0.1) is 10.2 Å². The summed E-state index contributed by atoms with van der Waals surface area (Å²) < 4.78 is 2.10. The van der Waals surface area contributed by atoms with E-state index in [1.807, 2.05) is 30.3 Å². The Labute approximate surface area is 170 Å². The SMILES string of the molecule is CCCn1c(SCC(=O)Nc2cccc(CC)c2)nnc1-c1cccc(C)c1. The van der Waals surface area contributed by atoms with E-state index >= 15 is 0 Å². The van der Waals surface area contributed by atoms with Crippen LogP contribution in [-0.4, -0.2) is 26.4 Å². The summed E-state index contributed by atoms with van der Waals surface area (Å²) in [6.45, 7) is 7.11. The van der Waals surface area contributed by atoms with Crippen LogP contribution in [0.1, 0.15) is 31.4 Å². The van der Waals surface area contributed by atoms with Crippen LogP contribution in [0.25, 0.3) is 11.4 Å². The summed E-state index contributed by atoms with van der Waals surface area (Å²) in [6.07, 6.45) is 1.92. The largest absolute Gasteiger partial charge is 0.325 e. The summed E-state index contributed by atoms with van der Waals surface area (Å²) in [4.78, 5) is 12.4. The van der Waals surface area contributed by atoms with Gasteiger partial charge in [0.2, 0.25) is 5.91 Å². The molecule has 0 aliphatic heterocycles. The van der Waals surface area contributed by atoms with Gasteiger partial charge in [-0.2, -0.15) is 0 Å². The zero-order valence-corrected chi connectivity index (χ0v) is 17.4. The third kappa shape index (κ3) is 5.01. The van der Waals surface area contributed by atoms with Gasteiger partial charge in [0, 0.05) is 17.8 Å². The highest BCUT2D eigenvalue weighted by Gasteiger charge is 2.15. The van der Waals surface area contributed by atoms with Crippen molar-refractivity contribution in [3.63, 3.8) is 0 Å². The van der Waals surface area contributed by atoms with E-state index in [1.165, 1.54) is 22.9 Å². The molecular weight excluding hydrogens is 368 g/mol. The molecule has 0 aliphatic rings. The van der Waals surface area contributed by atoms with Gasteiger partial charge in [-0.3, -0.25) is 4.79 Å². The van der Waals surface area contributed by atoms with Crippen LogP contribution in [-0.2, 0) is 17.8 Å². The van der Waals surface area contributed by atoms with Crippen LogP contribution in [0, 0.1) is 6.92 Å². The van der Waals surface area contributed by atoms with E-state index in [0.29, 0.717) is 5.75 Å². The molecule has 5 nitrogen and oxygen atoms in total. The number of carbonyl (C=O) groups is 1. The van der Waals surface area contributed by atoms with E-state index in [1.54, 1.807) is 0 Å². The van der Waals surface area contributed by atoms with Gasteiger partial charge in [0.15, 0.2) is 11.0 Å². The molecule has 0 spiro atoms. The lowest BCUT2D eigenvalue weighted by molar-refractivity contribution is -0.113. The van der Waals surface area contributed by atoms with Crippen molar-refractivity contribution in [2.75, 3.05) is 11.1 Å². The van der Waals surface area contributed by atoms with Crippen molar-refractivity contribution in [1.29, 1.82) is 0 Å². The molecule has 1 amide bonds. The lowest BCUT2D eigenvalue weighted by Gasteiger charge is -2.10. The summed E-state index contributed by atoms with van der Waals surface area (Å²) in [5.74, 6) is 1.11. The molecule has 0 aliphatic carbocycles. The number of hydrogen-bond acceptors (Lipinski definition) is 4. The smallest absolute Gasteiger partial charge is 0.234 e. The number of benzene rings is 2. The number of anilines is 1. The number of nitrogens with one attached hydrogen (secondary N) is 1. The molecule has 3 rings (SSSR count). The molecular formula is C22H26N4OS. The first kappa shape index (κ1) is 20.1. The van der Waals surface area contributed by atoms with Crippen molar-refractivity contribution in [3.8, 4) is 11.4 Å². The molecule has 0 saturated carbocycles. The number of hydrogen-bond donors (Lipinski definition) is 1. The minimum atomic E-state index is -0.0404. The molecule has 146 valence electrons. The van der Waals surface area contributed by atoms with E-state index in [4.69, 9.17) is 0 Å². The van der Waals surface area contributed by atoms with E-state index in [9.17, 15) is 4.79 Å².